The van der Waals surface area contributed by atoms with Gasteiger partial charge in [0.25, 0.3) is 0 Å². The lowest BCUT2D eigenvalue weighted by Gasteiger charge is -2.28. The molecule has 7 heteroatoms. The average Bonchev–Trinajstić information content (AvgIpc) is 2.63. The molecular weight excluding hydrogens is 424 g/mol. The molecule has 1 amide bonds. The molecule has 2 aromatic carbocycles. The summed E-state index contributed by atoms with van der Waals surface area (Å²) < 4.78 is 30.9. The van der Waals surface area contributed by atoms with Gasteiger partial charge < -0.3 is 9.64 Å². The van der Waals surface area contributed by atoms with Crippen molar-refractivity contribution in [2.24, 2.45) is 5.92 Å². The van der Waals surface area contributed by atoms with Gasteiger partial charge in [0, 0.05) is 18.8 Å². The van der Waals surface area contributed by atoms with Gasteiger partial charge in [-0.1, -0.05) is 44.2 Å². The van der Waals surface area contributed by atoms with E-state index in [9.17, 15) is 13.2 Å². The topological polar surface area (TPSA) is 75.7 Å². The van der Waals surface area contributed by atoms with Crippen LogP contribution in [0.1, 0.15) is 52.2 Å². The number of ether oxygens (including phenoxy) is 1. The Labute approximate surface area is 193 Å². The minimum Gasteiger partial charge on any atom is -0.444 e. The molecular formula is C25H36N2O4S. The van der Waals surface area contributed by atoms with Gasteiger partial charge in [-0.2, -0.15) is 0 Å². The molecule has 2 aromatic rings. The van der Waals surface area contributed by atoms with E-state index in [2.05, 4.69) is 24.6 Å². The van der Waals surface area contributed by atoms with Crippen LogP contribution in [0.25, 0.3) is 11.1 Å². The standard InChI is InChI=1S/C25H36N2O4S/c1-18(2)14-15-27(24(28)31-25(4,5)6)17-20-8-13-23(19(3)16-20)21-9-11-22(12-10-21)26-32(7,29)30/h8-13,16,18,26H,14-15,17H2,1-7H3. The summed E-state index contributed by atoms with van der Waals surface area (Å²) in [5.41, 5.74) is 4.17. The number of nitrogens with zero attached hydrogens (tertiary/aromatic N) is 1. The molecule has 0 bridgehead atoms. The molecule has 0 saturated heterocycles. The molecule has 0 unspecified atom stereocenters. The number of carbonyl (C=O) groups is 1. The molecule has 0 radical (unpaired) electrons. The lowest BCUT2D eigenvalue weighted by Crippen LogP contribution is -2.37. The van der Waals surface area contributed by atoms with Gasteiger partial charge in [-0.05, 0) is 74.4 Å². The highest BCUT2D eigenvalue weighted by atomic mass is 32.2. The van der Waals surface area contributed by atoms with Crippen molar-refractivity contribution >= 4 is 21.8 Å². The summed E-state index contributed by atoms with van der Waals surface area (Å²) in [7, 11) is -3.30. The molecule has 0 spiro atoms. The number of rotatable bonds is 8. The van der Waals surface area contributed by atoms with Crippen molar-refractivity contribution in [1.82, 2.24) is 4.90 Å². The zero-order valence-electron chi connectivity index (χ0n) is 20.2. The van der Waals surface area contributed by atoms with E-state index in [4.69, 9.17) is 4.74 Å². The van der Waals surface area contributed by atoms with Crippen molar-refractivity contribution in [2.45, 2.75) is 60.1 Å². The first-order chi connectivity index (χ1) is 14.7. The normalized spacial score (nSPS) is 12.0. The number of amides is 1. The van der Waals surface area contributed by atoms with Crippen LogP contribution in [0.3, 0.4) is 0 Å². The van der Waals surface area contributed by atoms with Crippen molar-refractivity contribution in [2.75, 3.05) is 17.5 Å². The van der Waals surface area contributed by atoms with Gasteiger partial charge >= 0.3 is 6.09 Å². The van der Waals surface area contributed by atoms with E-state index in [1.165, 1.54) is 0 Å². The largest absolute Gasteiger partial charge is 0.444 e. The summed E-state index contributed by atoms with van der Waals surface area (Å²) >= 11 is 0. The fraction of sp³-hybridized carbons (Fsp3) is 0.480. The molecule has 0 atom stereocenters. The van der Waals surface area contributed by atoms with Crippen molar-refractivity contribution in [3.63, 3.8) is 0 Å². The lowest BCUT2D eigenvalue weighted by atomic mass is 9.98. The minimum absolute atomic E-state index is 0.297. The van der Waals surface area contributed by atoms with Crippen LogP contribution < -0.4 is 4.72 Å². The maximum atomic E-state index is 12.7. The first kappa shape index (κ1) is 25.7. The minimum atomic E-state index is -3.30. The predicted molar refractivity (Wildman–Crippen MR) is 131 cm³/mol. The number of benzene rings is 2. The quantitative estimate of drug-likeness (QED) is 0.539. The van der Waals surface area contributed by atoms with E-state index in [1.54, 1.807) is 17.0 Å². The van der Waals surface area contributed by atoms with Crippen LogP contribution in [0.2, 0.25) is 0 Å². The summed E-state index contributed by atoms with van der Waals surface area (Å²) in [5, 5.41) is 0. The van der Waals surface area contributed by atoms with Crippen LogP contribution in [-0.4, -0.2) is 37.8 Å². The number of sulfonamides is 1. The second-order valence-electron chi connectivity index (χ2n) is 9.69. The summed E-state index contributed by atoms with van der Waals surface area (Å²) in [6, 6.07) is 13.4. The number of hydrogen-bond donors (Lipinski definition) is 1. The van der Waals surface area contributed by atoms with Crippen molar-refractivity contribution in [3.05, 3.63) is 53.6 Å². The molecule has 0 heterocycles. The second-order valence-corrected chi connectivity index (χ2v) is 11.4. The van der Waals surface area contributed by atoms with E-state index in [-0.39, 0.29) is 6.09 Å². The van der Waals surface area contributed by atoms with Gasteiger partial charge in [-0.15, -0.1) is 0 Å². The van der Waals surface area contributed by atoms with Gasteiger partial charge in [-0.3, -0.25) is 4.72 Å². The van der Waals surface area contributed by atoms with E-state index in [0.29, 0.717) is 24.7 Å². The molecule has 0 aromatic heterocycles. The van der Waals surface area contributed by atoms with Crippen LogP contribution in [-0.2, 0) is 21.3 Å². The van der Waals surface area contributed by atoms with E-state index in [0.717, 1.165) is 34.9 Å². The maximum Gasteiger partial charge on any atom is 0.410 e. The fourth-order valence-electron chi connectivity index (χ4n) is 3.28. The SMILES string of the molecule is Cc1cc(CN(CCC(C)C)C(=O)OC(C)(C)C)ccc1-c1ccc(NS(C)(=O)=O)cc1. The van der Waals surface area contributed by atoms with Crippen molar-refractivity contribution in [3.8, 4) is 11.1 Å². The van der Waals surface area contributed by atoms with E-state index < -0.39 is 15.6 Å². The highest BCUT2D eigenvalue weighted by molar-refractivity contribution is 7.92. The number of carbonyl (C=O) groups excluding carboxylic acids is 1. The monoisotopic (exact) mass is 460 g/mol. The van der Waals surface area contributed by atoms with Crippen LogP contribution in [0.4, 0.5) is 10.5 Å². The van der Waals surface area contributed by atoms with E-state index >= 15 is 0 Å². The van der Waals surface area contributed by atoms with Gasteiger partial charge in [-0.25, -0.2) is 13.2 Å². The lowest BCUT2D eigenvalue weighted by molar-refractivity contribution is 0.0225. The molecule has 1 N–H and O–H groups in total. The van der Waals surface area contributed by atoms with Gasteiger partial charge in [0.05, 0.1) is 6.26 Å². The van der Waals surface area contributed by atoms with E-state index in [1.807, 2.05) is 52.0 Å². The Morgan fingerprint density at radius 3 is 2.22 bits per heavy atom. The third kappa shape index (κ3) is 8.54. The zero-order chi connectivity index (χ0) is 24.1. The molecule has 6 nitrogen and oxygen atoms in total. The highest BCUT2D eigenvalue weighted by Gasteiger charge is 2.22. The van der Waals surface area contributed by atoms with Gasteiger partial charge in [0.15, 0.2) is 0 Å². The number of anilines is 1. The zero-order valence-corrected chi connectivity index (χ0v) is 21.0. The Kier molecular flexibility index (Phi) is 8.35. The molecule has 0 aliphatic carbocycles. The fourth-order valence-corrected chi connectivity index (χ4v) is 3.84. The summed E-state index contributed by atoms with van der Waals surface area (Å²) in [5.74, 6) is 0.490. The third-order valence-corrected chi connectivity index (χ3v) is 5.40. The highest BCUT2D eigenvalue weighted by Crippen LogP contribution is 2.27. The van der Waals surface area contributed by atoms with Crippen molar-refractivity contribution in [1.29, 1.82) is 0 Å². The van der Waals surface area contributed by atoms with Gasteiger partial charge in [0.1, 0.15) is 5.60 Å². The van der Waals surface area contributed by atoms with Crippen LogP contribution >= 0.6 is 0 Å². The first-order valence-corrected chi connectivity index (χ1v) is 12.8. The maximum absolute atomic E-state index is 12.7. The Balaban J connectivity index is 2.20. The third-order valence-electron chi connectivity index (χ3n) is 4.79. The first-order valence-electron chi connectivity index (χ1n) is 10.9. The van der Waals surface area contributed by atoms with Crippen LogP contribution in [0, 0.1) is 12.8 Å². The molecule has 0 aliphatic rings. The Hall–Kier alpha value is -2.54. The molecule has 0 aliphatic heterocycles. The second kappa shape index (κ2) is 10.4. The van der Waals surface area contributed by atoms with Gasteiger partial charge in [0.2, 0.25) is 10.0 Å². The molecule has 0 saturated carbocycles. The van der Waals surface area contributed by atoms with Crippen LogP contribution in [0.5, 0.6) is 0 Å². The van der Waals surface area contributed by atoms with Crippen molar-refractivity contribution < 1.29 is 17.9 Å². The summed E-state index contributed by atoms with van der Waals surface area (Å²) in [6.07, 6.45) is 1.74. The summed E-state index contributed by atoms with van der Waals surface area (Å²) in [4.78, 5) is 14.5. The molecule has 2 rings (SSSR count). The molecule has 32 heavy (non-hydrogen) atoms. The Bertz CT molecular complexity index is 1020. The Morgan fingerprint density at radius 1 is 1.09 bits per heavy atom. The number of hydrogen-bond acceptors (Lipinski definition) is 4. The molecule has 176 valence electrons. The summed E-state index contributed by atoms with van der Waals surface area (Å²) in [6.45, 7) is 13.1. The average molecular weight is 461 g/mol. The predicted octanol–water partition coefficient (Wildman–Crippen LogP) is 5.82. The number of aryl methyl sites for hydroxylation is 1. The Morgan fingerprint density at radius 2 is 1.72 bits per heavy atom. The molecule has 0 fully saturated rings. The smallest absolute Gasteiger partial charge is 0.410 e. The van der Waals surface area contributed by atoms with Crippen LogP contribution in [0.15, 0.2) is 42.5 Å². The number of nitrogens with one attached hydrogen (secondary N) is 1.